The van der Waals surface area contributed by atoms with Crippen molar-refractivity contribution in [3.63, 3.8) is 0 Å². The average molecular weight is 409 g/mol. The number of carbonyl (C=O) groups excluding carboxylic acids is 2. The Morgan fingerprint density at radius 3 is 2.70 bits per heavy atom. The van der Waals surface area contributed by atoms with E-state index in [0.29, 0.717) is 24.1 Å². The van der Waals surface area contributed by atoms with Crippen molar-refractivity contribution in [1.82, 2.24) is 20.0 Å². The Morgan fingerprint density at radius 2 is 1.93 bits per heavy atom. The van der Waals surface area contributed by atoms with Gasteiger partial charge in [-0.05, 0) is 49.5 Å². The molecule has 0 radical (unpaired) electrons. The maximum Gasteiger partial charge on any atom is 0.275 e. The molecule has 1 unspecified atom stereocenters. The third-order valence-corrected chi connectivity index (χ3v) is 7.57. The number of fused-ring (bicyclic) bond motifs is 1. The molecule has 1 atom stereocenters. The normalized spacial score (nSPS) is 23.2. The first-order valence-corrected chi connectivity index (χ1v) is 11.6. The molecule has 1 saturated heterocycles. The Bertz CT molecular complexity index is 955. The topological polar surface area (TPSA) is 67.2 Å². The Hall–Kier alpha value is -2.37. The van der Waals surface area contributed by atoms with Gasteiger partial charge in [0.25, 0.3) is 5.91 Å². The lowest BCUT2D eigenvalue weighted by Gasteiger charge is -2.38. The Kier molecular flexibility index (Phi) is 5.03. The SMILES string of the molecule is Cn1nc(C(=O)N2CC(CCC(=O)NC3CC3)C3(CCCCC3)C2)c2ccccc21. The molecule has 2 aromatic rings. The fourth-order valence-electron chi connectivity index (χ4n) is 5.76. The molecule has 3 aliphatic rings. The van der Waals surface area contributed by atoms with Crippen LogP contribution in [0.2, 0.25) is 0 Å². The van der Waals surface area contributed by atoms with E-state index in [0.717, 1.165) is 43.3 Å². The van der Waals surface area contributed by atoms with Gasteiger partial charge in [-0.15, -0.1) is 0 Å². The van der Waals surface area contributed by atoms with E-state index >= 15 is 0 Å². The Balaban J connectivity index is 1.35. The zero-order chi connectivity index (χ0) is 20.7. The minimum Gasteiger partial charge on any atom is -0.353 e. The molecule has 1 spiro atoms. The summed E-state index contributed by atoms with van der Waals surface area (Å²) >= 11 is 0. The summed E-state index contributed by atoms with van der Waals surface area (Å²) in [6, 6.07) is 8.36. The predicted octanol–water partition coefficient (Wildman–Crippen LogP) is 3.65. The van der Waals surface area contributed by atoms with Crippen LogP contribution >= 0.6 is 0 Å². The smallest absolute Gasteiger partial charge is 0.275 e. The number of rotatable bonds is 5. The Morgan fingerprint density at radius 1 is 1.17 bits per heavy atom. The maximum atomic E-state index is 13.5. The van der Waals surface area contributed by atoms with E-state index in [-0.39, 0.29) is 17.2 Å². The number of hydrogen-bond acceptors (Lipinski definition) is 3. The van der Waals surface area contributed by atoms with Gasteiger partial charge in [-0.25, -0.2) is 0 Å². The molecule has 0 bridgehead atoms. The van der Waals surface area contributed by atoms with Crippen LogP contribution in [-0.2, 0) is 11.8 Å². The van der Waals surface area contributed by atoms with Gasteiger partial charge in [-0.1, -0.05) is 37.5 Å². The summed E-state index contributed by atoms with van der Waals surface area (Å²) in [7, 11) is 1.90. The molecule has 6 heteroatoms. The number of aromatic nitrogens is 2. The summed E-state index contributed by atoms with van der Waals surface area (Å²) in [4.78, 5) is 27.8. The third-order valence-electron chi connectivity index (χ3n) is 7.57. The van der Waals surface area contributed by atoms with E-state index < -0.39 is 0 Å². The lowest BCUT2D eigenvalue weighted by Crippen LogP contribution is -2.35. The van der Waals surface area contributed by atoms with Crippen molar-refractivity contribution in [2.45, 2.75) is 63.8 Å². The molecule has 160 valence electrons. The summed E-state index contributed by atoms with van der Waals surface area (Å²) in [6.07, 6.45) is 9.82. The molecule has 2 saturated carbocycles. The van der Waals surface area contributed by atoms with Crippen LogP contribution in [0.15, 0.2) is 24.3 Å². The monoisotopic (exact) mass is 408 g/mol. The highest BCUT2D eigenvalue weighted by molar-refractivity contribution is 6.05. The summed E-state index contributed by atoms with van der Waals surface area (Å²) < 4.78 is 1.80. The first-order valence-electron chi connectivity index (χ1n) is 11.6. The number of benzene rings is 1. The van der Waals surface area contributed by atoms with Crippen LogP contribution in [0.25, 0.3) is 10.9 Å². The van der Waals surface area contributed by atoms with Crippen molar-refractivity contribution in [3.8, 4) is 0 Å². The van der Waals surface area contributed by atoms with Crippen LogP contribution in [0.1, 0.15) is 68.3 Å². The molecule has 1 aromatic carbocycles. The van der Waals surface area contributed by atoms with Gasteiger partial charge in [0, 0.05) is 38.0 Å². The van der Waals surface area contributed by atoms with E-state index in [1.807, 2.05) is 36.2 Å². The van der Waals surface area contributed by atoms with Gasteiger partial charge in [-0.3, -0.25) is 14.3 Å². The van der Waals surface area contributed by atoms with Gasteiger partial charge in [0.2, 0.25) is 5.91 Å². The van der Waals surface area contributed by atoms with Gasteiger partial charge in [-0.2, -0.15) is 5.10 Å². The number of amides is 2. The van der Waals surface area contributed by atoms with E-state index in [2.05, 4.69) is 10.4 Å². The molecule has 1 aliphatic heterocycles. The summed E-state index contributed by atoms with van der Waals surface area (Å²) in [6.45, 7) is 1.56. The third kappa shape index (κ3) is 3.61. The second-order valence-corrected chi connectivity index (χ2v) is 9.68. The van der Waals surface area contributed by atoms with Crippen molar-refractivity contribution < 1.29 is 9.59 Å². The molecule has 30 heavy (non-hydrogen) atoms. The van der Waals surface area contributed by atoms with Gasteiger partial charge < -0.3 is 10.2 Å². The van der Waals surface area contributed by atoms with Crippen LogP contribution in [0.5, 0.6) is 0 Å². The average Bonchev–Trinajstić information content (AvgIpc) is 3.42. The number of nitrogens with zero attached hydrogens (tertiary/aromatic N) is 3. The fourth-order valence-corrected chi connectivity index (χ4v) is 5.76. The number of likely N-dealkylation sites (tertiary alicyclic amines) is 1. The van der Waals surface area contributed by atoms with E-state index in [4.69, 9.17) is 0 Å². The highest BCUT2D eigenvalue weighted by Crippen LogP contribution is 2.49. The summed E-state index contributed by atoms with van der Waals surface area (Å²) in [5.74, 6) is 0.632. The van der Waals surface area contributed by atoms with E-state index in [1.165, 1.54) is 32.1 Å². The standard InChI is InChI=1S/C24H32N4O2/c1-27-20-8-4-3-7-19(20)22(26-27)23(30)28-15-17(9-12-21(29)25-18-10-11-18)24(16-28)13-5-2-6-14-24/h3-4,7-8,17-18H,2,5-6,9-16H2,1H3,(H,25,29). The van der Waals surface area contributed by atoms with Gasteiger partial charge in [0.15, 0.2) is 5.69 Å². The summed E-state index contributed by atoms with van der Waals surface area (Å²) in [5.41, 5.74) is 1.73. The molecule has 3 fully saturated rings. The van der Waals surface area contributed by atoms with E-state index in [9.17, 15) is 9.59 Å². The fraction of sp³-hybridized carbons (Fsp3) is 0.625. The van der Waals surface area contributed by atoms with Crippen LogP contribution in [0.3, 0.4) is 0 Å². The summed E-state index contributed by atoms with van der Waals surface area (Å²) in [5, 5.41) is 8.61. The van der Waals surface area contributed by atoms with Crippen molar-refractivity contribution in [2.24, 2.45) is 18.4 Å². The number of para-hydroxylation sites is 1. The minimum absolute atomic E-state index is 0.0432. The van der Waals surface area contributed by atoms with E-state index in [1.54, 1.807) is 4.68 Å². The molecule has 6 nitrogen and oxygen atoms in total. The molecule has 5 rings (SSSR count). The molecular weight excluding hydrogens is 376 g/mol. The number of carbonyl (C=O) groups is 2. The Labute approximate surface area is 178 Å². The lowest BCUT2D eigenvalue weighted by atomic mass is 9.66. The number of nitrogens with one attached hydrogen (secondary N) is 1. The first kappa shape index (κ1) is 19.6. The zero-order valence-electron chi connectivity index (χ0n) is 17.9. The maximum absolute atomic E-state index is 13.5. The highest BCUT2D eigenvalue weighted by Gasteiger charge is 2.48. The number of hydrogen-bond donors (Lipinski definition) is 1. The van der Waals surface area contributed by atoms with Gasteiger partial charge in [0.05, 0.1) is 5.52 Å². The van der Waals surface area contributed by atoms with Crippen LogP contribution in [0, 0.1) is 11.3 Å². The minimum atomic E-state index is 0.0432. The highest BCUT2D eigenvalue weighted by atomic mass is 16.2. The molecule has 1 aromatic heterocycles. The van der Waals surface area contributed by atoms with Crippen LogP contribution in [0.4, 0.5) is 0 Å². The molecule has 1 N–H and O–H groups in total. The molecule has 2 heterocycles. The van der Waals surface area contributed by atoms with Gasteiger partial charge >= 0.3 is 0 Å². The van der Waals surface area contributed by atoms with Crippen molar-refractivity contribution in [1.29, 1.82) is 0 Å². The molecular formula is C24H32N4O2. The van der Waals surface area contributed by atoms with Crippen molar-refractivity contribution >= 4 is 22.7 Å². The second-order valence-electron chi connectivity index (χ2n) is 9.68. The largest absolute Gasteiger partial charge is 0.353 e. The molecule has 2 amide bonds. The van der Waals surface area contributed by atoms with Crippen molar-refractivity contribution in [3.05, 3.63) is 30.0 Å². The lowest BCUT2D eigenvalue weighted by molar-refractivity contribution is -0.121. The first-order chi connectivity index (χ1) is 14.6. The van der Waals surface area contributed by atoms with Gasteiger partial charge in [0.1, 0.15) is 0 Å². The number of aryl methyl sites for hydroxylation is 1. The quantitative estimate of drug-likeness (QED) is 0.821. The zero-order valence-corrected chi connectivity index (χ0v) is 17.9. The predicted molar refractivity (Wildman–Crippen MR) is 116 cm³/mol. The molecule has 2 aliphatic carbocycles. The van der Waals surface area contributed by atoms with Crippen molar-refractivity contribution in [2.75, 3.05) is 13.1 Å². The van der Waals surface area contributed by atoms with Crippen LogP contribution in [-0.4, -0.2) is 45.6 Å². The van der Waals surface area contributed by atoms with Crippen LogP contribution < -0.4 is 5.32 Å². The second kappa shape index (κ2) is 7.71.